The van der Waals surface area contributed by atoms with Crippen LogP contribution in [0.1, 0.15) is 19.3 Å². The number of anilines is 1. The number of nitriles is 1. The normalized spacial score (nSPS) is 18.9. The highest BCUT2D eigenvalue weighted by atomic mass is 16.3. The molecule has 110 valence electrons. The van der Waals surface area contributed by atoms with Crippen LogP contribution in [0.4, 0.5) is 5.82 Å². The first-order valence-corrected chi connectivity index (χ1v) is 7.22. The van der Waals surface area contributed by atoms with Crippen LogP contribution in [0.15, 0.2) is 12.5 Å². The first-order valence-electron chi connectivity index (χ1n) is 7.22. The molecule has 7 heteroatoms. The molecule has 1 N–H and O–H groups in total. The van der Waals surface area contributed by atoms with Crippen LogP contribution in [0.5, 0.6) is 0 Å². The number of rotatable bonds is 4. The number of aromatic nitrogens is 4. The van der Waals surface area contributed by atoms with Crippen molar-refractivity contribution in [3.05, 3.63) is 12.5 Å². The molecule has 2 aromatic heterocycles. The van der Waals surface area contributed by atoms with Crippen molar-refractivity contribution in [3.63, 3.8) is 0 Å². The van der Waals surface area contributed by atoms with E-state index in [2.05, 4.69) is 26.0 Å². The Bertz CT molecular complexity index is 661. The Labute approximate surface area is 122 Å². The Morgan fingerprint density at radius 3 is 3.14 bits per heavy atom. The van der Waals surface area contributed by atoms with Gasteiger partial charge in [0.1, 0.15) is 12.1 Å². The van der Waals surface area contributed by atoms with Gasteiger partial charge in [0.05, 0.1) is 30.6 Å². The SMILES string of the molecule is N#CCCn1ncc2c(N3CCCC(CO)C3)ncnc21. The Hall–Kier alpha value is -2.20. The van der Waals surface area contributed by atoms with Crippen LogP contribution in [-0.4, -0.2) is 44.6 Å². The maximum Gasteiger partial charge on any atom is 0.163 e. The number of piperidine rings is 1. The lowest BCUT2D eigenvalue weighted by Gasteiger charge is -2.32. The molecule has 1 saturated heterocycles. The van der Waals surface area contributed by atoms with E-state index in [9.17, 15) is 5.11 Å². The van der Waals surface area contributed by atoms with Gasteiger partial charge >= 0.3 is 0 Å². The molecule has 3 heterocycles. The lowest BCUT2D eigenvalue weighted by Crippen LogP contribution is -2.37. The second kappa shape index (κ2) is 6.06. The molecule has 1 unspecified atom stereocenters. The van der Waals surface area contributed by atoms with Crippen LogP contribution in [0.3, 0.4) is 0 Å². The molecule has 0 amide bonds. The van der Waals surface area contributed by atoms with E-state index in [0.29, 0.717) is 18.9 Å². The molecule has 0 spiro atoms. The van der Waals surface area contributed by atoms with Crippen LogP contribution in [-0.2, 0) is 6.54 Å². The van der Waals surface area contributed by atoms with Crippen molar-refractivity contribution in [2.75, 3.05) is 24.6 Å². The minimum absolute atomic E-state index is 0.214. The van der Waals surface area contributed by atoms with Crippen LogP contribution < -0.4 is 4.90 Å². The Kier molecular flexibility index (Phi) is 3.97. The average molecular weight is 286 g/mol. The number of aryl methyl sites for hydroxylation is 1. The quantitative estimate of drug-likeness (QED) is 0.899. The van der Waals surface area contributed by atoms with Gasteiger partial charge in [-0.25, -0.2) is 14.6 Å². The highest BCUT2D eigenvalue weighted by Crippen LogP contribution is 2.27. The number of hydrogen-bond acceptors (Lipinski definition) is 6. The summed E-state index contributed by atoms with van der Waals surface area (Å²) >= 11 is 0. The maximum atomic E-state index is 9.36. The third-order valence-corrected chi connectivity index (χ3v) is 3.92. The molecule has 2 aromatic rings. The van der Waals surface area contributed by atoms with E-state index < -0.39 is 0 Å². The van der Waals surface area contributed by atoms with E-state index in [-0.39, 0.29) is 6.61 Å². The molecule has 0 aliphatic carbocycles. The van der Waals surface area contributed by atoms with Gasteiger partial charge in [0.2, 0.25) is 0 Å². The largest absolute Gasteiger partial charge is 0.396 e. The summed E-state index contributed by atoms with van der Waals surface area (Å²) in [6, 6.07) is 2.12. The third-order valence-electron chi connectivity index (χ3n) is 3.92. The predicted molar refractivity (Wildman–Crippen MR) is 77.6 cm³/mol. The second-order valence-electron chi connectivity index (χ2n) is 5.35. The van der Waals surface area contributed by atoms with Crippen molar-refractivity contribution < 1.29 is 5.11 Å². The lowest BCUT2D eigenvalue weighted by atomic mass is 9.99. The fourth-order valence-electron chi connectivity index (χ4n) is 2.86. The van der Waals surface area contributed by atoms with Crippen LogP contribution in [0.2, 0.25) is 0 Å². The molecule has 21 heavy (non-hydrogen) atoms. The van der Waals surface area contributed by atoms with Gasteiger partial charge in [-0.2, -0.15) is 10.4 Å². The molecular weight excluding hydrogens is 268 g/mol. The molecule has 1 fully saturated rings. The second-order valence-corrected chi connectivity index (χ2v) is 5.35. The summed E-state index contributed by atoms with van der Waals surface area (Å²) in [7, 11) is 0. The van der Waals surface area contributed by atoms with Crippen molar-refractivity contribution in [1.29, 1.82) is 5.26 Å². The zero-order valence-corrected chi connectivity index (χ0v) is 11.8. The zero-order chi connectivity index (χ0) is 14.7. The first kappa shape index (κ1) is 13.8. The minimum Gasteiger partial charge on any atom is -0.396 e. The minimum atomic E-state index is 0.214. The van der Waals surface area contributed by atoms with E-state index in [4.69, 9.17) is 5.26 Å². The van der Waals surface area contributed by atoms with Crippen LogP contribution >= 0.6 is 0 Å². The molecule has 3 rings (SSSR count). The lowest BCUT2D eigenvalue weighted by molar-refractivity contribution is 0.208. The molecular formula is C14H18N6O. The zero-order valence-electron chi connectivity index (χ0n) is 11.8. The molecule has 1 atom stereocenters. The highest BCUT2D eigenvalue weighted by molar-refractivity contribution is 5.86. The summed E-state index contributed by atoms with van der Waals surface area (Å²) in [5.41, 5.74) is 0.765. The molecule has 0 aromatic carbocycles. The van der Waals surface area contributed by atoms with E-state index >= 15 is 0 Å². The molecule has 0 bridgehead atoms. The van der Waals surface area contributed by atoms with E-state index in [1.807, 2.05) is 0 Å². The monoisotopic (exact) mass is 286 g/mol. The smallest absolute Gasteiger partial charge is 0.163 e. The number of aliphatic hydroxyl groups excluding tert-OH is 1. The third kappa shape index (κ3) is 2.67. The van der Waals surface area contributed by atoms with E-state index in [0.717, 1.165) is 42.8 Å². The fraction of sp³-hybridized carbons (Fsp3) is 0.571. The van der Waals surface area contributed by atoms with Crippen molar-refractivity contribution in [1.82, 2.24) is 19.7 Å². The Morgan fingerprint density at radius 1 is 1.43 bits per heavy atom. The van der Waals surface area contributed by atoms with Gasteiger partial charge in [0, 0.05) is 19.7 Å². The van der Waals surface area contributed by atoms with Gasteiger partial charge in [-0.1, -0.05) is 0 Å². The summed E-state index contributed by atoms with van der Waals surface area (Å²) in [6.07, 6.45) is 5.84. The van der Waals surface area contributed by atoms with Crippen molar-refractivity contribution in [2.24, 2.45) is 5.92 Å². The van der Waals surface area contributed by atoms with Gasteiger partial charge in [-0.3, -0.25) is 0 Å². The van der Waals surface area contributed by atoms with Crippen molar-refractivity contribution in [3.8, 4) is 6.07 Å². The molecule has 1 aliphatic heterocycles. The molecule has 0 saturated carbocycles. The summed E-state index contributed by atoms with van der Waals surface area (Å²) in [5.74, 6) is 1.18. The van der Waals surface area contributed by atoms with Crippen LogP contribution in [0.25, 0.3) is 11.0 Å². The average Bonchev–Trinajstić information content (AvgIpc) is 2.96. The first-order chi connectivity index (χ1) is 10.3. The molecule has 1 aliphatic rings. The van der Waals surface area contributed by atoms with E-state index in [1.54, 1.807) is 17.2 Å². The number of aliphatic hydroxyl groups is 1. The number of hydrogen-bond donors (Lipinski definition) is 1. The van der Waals surface area contributed by atoms with Gasteiger partial charge in [0.15, 0.2) is 5.65 Å². The topological polar surface area (TPSA) is 90.9 Å². The van der Waals surface area contributed by atoms with Crippen molar-refractivity contribution >= 4 is 16.9 Å². The highest BCUT2D eigenvalue weighted by Gasteiger charge is 2.22. The molecule has 0 radical (unpaired) electrons. The van der Waals surface area contributed by atoms with E-state index in [1.165, 1.54) is 0 Å². The number of nitrogens with zero attached hydrogens (tertiary/aromatic N) is 6. The Balaban J connectivity index is 1.92. The predicted octanol–water partition coefficient (Wildman–Crippen LogP) is 0.949. The van der Waals surface area contributed by atoms with Gasteiger partial charge < -0.3 is 10.0 Å². The molecule has 7 nitrogen and oxygen atoms in total. The summed E-state index contributed by atoms with van der Waals surface area (Å²) in [5, 5.41) is 23.3. The van der Waals surface area contributed by atoms with Gasteiger partial charge in [0.25, 0.3) is 0 Å². The van der Waals surface area contributed by atoms with Crippen LogP contribution in [0, 0.1) is 17.2 Å². The van der Waals surface area contributed by atoms with Gasteiger partial charge in [-0.05, 0) is 18.8 Å². The maximum absolute atomic E-state index is 9.36. The summed E-state index contributed by atoms with van der Waals surface area (Å²) in [6.45, 7) is 2.50. The van der Waals surface area contributed by atoms with Crippen molar-refractivity contribution in [2.45, 2.75) is 25.8 Å². The number of fused-ring (bicyclic) bond motifs is 1. The van der Waals surface area contributed by atoms with Gasteiger partial charge in [-0.15, -0.1) is 0 Å². The summed E-state index contributed by atoms with van der Waals surface area (Å²) in [4.78, 5) is 10.9. The fourth-order valence-corrected chi connectivity index (χ4v) is 2.86. The standard InChI is InChI=1S/C14H18N6O/c15-4-2-6-20-14-12(7-18-20)13(16-10-17-14)19-5-1-3-11(8-19)9-21/h7,10-11,21H,1-3,5-6,8-9H2. The Morgan fingerprint density at radius 2 is 2.33 bits per heavy atom. The summed E-state index contributed by atoms with van der Waals surface area (Å²) < 4.78 is 1.75.